The molecule has 1 aromatic carbocycles. The Kier molecular flexibility index (Phi) is 9.90. The predicted molar refractivity (Wildman–Crippen MR) is 156 cm³/mol. The van der Waals surface area contributed by atoms with Crippen molar-refractivity contribution in [2.75, 3.05) is 37.7 Å². The van der Waals surface area contributed by atoms with Gasteiger partial charge in [0.25, 0.3) is 0 Å². The van der Waals surface area contributed by atoms with E-state index in [1.54, 1.807) is 39.1 Å². The van der Waals surface area contributed by atoms with Crippen LogP contribution in [0, 0.1) is 6.92 Å². The summed E-state index contributed by atoms with van der Waals surface area (Å²) >= 11 is 0. The summed E-state index contributed by atoms with van der Waals surface area (Å²) in [6.45, 7) is 8.60. The number of carboxylic acid groups (broad SMARTS) is 1. The number of pyridine rings is 1. The van der Waals surface area contributed by atoms with Gasteiger partial charge in [-0.1, -0.05) is 12.1 Å². The second-order valence-corrected chi connectivity index (χ2v) is 16.1. The van der Waals surface area contributed by atoms with E-state index in [-0.39, 0.29) is 13.0 Å². The third kappa shape index (κ3) is 9.47. The smallest absolute Gasteiger partial charge is 0.407 e. The molecule has 39 heavy (non-hydrogen) atoms. The van der Waals surface area contributed by atoms with Crippen molar-refractivity contribution >= 4 is 33.1 Å². The third-order valence-electron chi connectivity index (χ3n) is 5.87. The Morgan fingerprint density at radius 1 is 1.13 bits per heavy atom. The van der Waals surface area contributed by atoms with Gasteiger partial charge in [0.05, 0.1) is 18.4 Å². The summed E-state index contributed by atoms with van der Waals surface area (Å²) in [5, 5.41) is 13.0. The summed E-state index contributed by atoms with van der Waals surface area (Å²) in [6.07, 6.45) is 9.84. The molecule has 1 unspecified atom stereocenters. The van der Waals surface area contributed by atoms with Crippen LogP contribution in [0.1, 0.15) is 44.2 Å². The summed E-state index contributed by atoms with van der Waals surface area (Å²) in [4.78, 5) is 28.1. The molecule has 2 N–H and O–H groups in total. The van der Waals surface area contributed by atoms with Crippen LogP contribution in [0.3, 0.4) is 0 Å². The van der Waals surface area contributed by atoms with E-state index in [1.807, 2.05) is 35.9 Å². The van der Waals surface area contributed by atoms with Gasteiger partial charge >= 0.3 is 12.1 Å². The van der Waals surface area contributed by atoms with Gasteiger partial charge in [0.15, 0.2) is 0 Å². The molecule has 1 amide bonds. The van der Waals surface area contributed by atoms with Crippen molar-refractivity contribution in [3.8, 4) is 11.5 Å². The van der Waals surface area contributed by atoms with E-state index < -0.39 is 33.6 Å². The molecular formula is C29H41N3O6S. The lowest BCUT2D eigenvalue weighted by Crippen LogP contribution is -2.35. The fourth-order valence-electron chi connectivity index (χ4n) is 4.01. The normalized spacial score (nSPS) is 13.2. The third-order valence-corrected chi connectivity index (χ3v) is 7.26. The van der Waals surface area contributed by atoms with Crippen molar-refractivity contribution < 1.29 is 28.9 Å². The van der Waals surface area contributed by atoms with Crippen LogP contribution in [0.2, 0.25) is 0 Å². The lowest BCUT2D eigenvalue weighted by atomic mass is 9.95. The minimum atomic E-state index is -0.950. The van der Waals surface area contributed by atoms with Crippen LogP contribution in [0.5, 0.6) is 11.5 Å². The van der Waals surface area contributed by atoms with Crippen LogP contribution in [-0.4, -0.2) is 70.0 Å². The van der Waals surface area contributed by atoms with Crippen molar-refractivity contribution in [2.45, 2.75) is 52.4 Å². The minimum Gasteiger partial charge on any atom is -0.481 e. The van der Waals surface area contributed by atoms with Crippen LogP contribution in [-0.2, 0) is 21.0 Å². The Labute approximate surface area is 232 Å². The first kappa shape index (κ1) is 30.3. The van der Waals surface area contributed by atoms with Crippen LogP contribution in [0.25, 0.3) is 11.0 Å². The number of aromatic nitrogens is 2. The number of rotatable bonds is 12. The lowest BCUT2D eigenvalue weighted by Gasteiger charge is -2.24. The zero-order valence-corrected chi connectivity index (χ0v) is 24.8. The molecule has 3 aromatic rings. The van der Waals surface area contributed by atoms with E-state index in [2.05, 4.69) is 29.1 Å². The van der Waals surface area contributed by atoms with Gasteiger partial charge in [0.2, 0.25) is 0 Å². The number of carbonyl (C=O) groups is 2. The maximum Gasteiger partial charge on any atom is 0.407 e. The summed E-state index contributed by atoms with van der Waals surface area (Å²) in [7, 11) is -0.609. The highest BCUT2D eigenvalue weighted by Gasteiger charge is 2.21. The van der Waals surface area contributed by atoms with Gasteiger partial charge in [-0.3, -0.25) is 4.79 Å². The maximum atomic E-state index is 12.1. The van der Waals surface area contributed by atoms with Crippen LogP contribution in [0.15, 0.2) is 42.7 Å². The number of aryl methyl sites for hydroxylation is 1. The van der Waals surface area contributed by atoms with E-state index in [0.29, 0.717) is 24.8 Å². The molecule has 3 rings (SSSR count). The summed E-state index contributed by atoms with van der Waals surface area (Å²) in [6, 6.07) is 9.07. The molecule has 10 heteroatoms. The molecule has 0 fully saturated rings. The van der Waals surface area contributed by atoms with Crippen molar-refractivity contribution in [2.24, 2.45) is 0 Å². The maximum absolute atomic E-state index is 12.1. The SMILES string of the molecule is Cc1cn(COCCS(C)(C)C)c2nccc(Oc3ccc(C(CNC(=O)OC(C)(C)C)CC(=O)O)cc3)c12. The fraction of sp³-hybridized carbons (Fsp3) is 0.483. The zero-order valence-electron chi connectivity index (χ0n) is 23.9. The predicted octanol–water partition coefficient (Wildman–Crippen LogP) is 5.89. The standard InChI is InChI=1S/C29H41N3O6S/c1-20-18-32(19-36-14-15-39(5,6)7)27-26(20)24(12-13-30-27)37-23-10-8-21(9-11-23)22(16-25(33)34)17-31-28(35)38-29(2,3)4/h8-13,18,22H,14-17,19H2,1-7H3,(H,31,35)(H,33,34). The van der Waals surface area contributed by atoms with Crippen molar-refractivity contribution in [1.29, 1.82) is 0 Å². The molecule has 0 aliphatic rings. The average molecular weight is 560 g/mol. The minimum absolute atomic E-state index is 0.132. The molecule has 0 aliphatic carbocycles. The molecule has 2 heterocycles. The number of fused-ring (bicyclic) bond motifs is 1. The number of carboxylic acids is 1. The van der Waals surface area contributed by atoms with Crippen LogP contribution in [0.4, 0.5) is 4.79 Å². The number of ether oxygens (including phenoxy) is 3. The number of aliphatic carboxylic acids is 1. The van der Waals surface area contributed by atoms with Gasteiger partial charge in [-0.2, -0.15) is 0 Å². The first-order valence-corrected chi connectivity index (χ1v) is 15.9. The van der Waals surface area contributed by atoms with Gasteiger partial charge in [-0.15, -0.1) is 0 Å². The molecule has 1 atom stereocenters. The number of alkyl carbamates (subject to hydrolysis) is 1. The fourth-order valence-corrected chi connectivity index (χ4v) is 4.63. The van der Waals surface area contributed by atoms with Crippen molar-refractivity contribution in [1.82, 2.24) is 14.9 Å². The number of hydrogen-bond acceptors (Lipinski definition) is 6. The topological polar surface area (TPSA) is 112 Å². The first-order chi connectivity index (χ1) is 18.2. The Balaban J connectivity index is 1.71. The molecule has 0 radical (unpaired) electrons. The van der Waals surface area contributed by atoms with Gasteiger partial charge in [-0.25, -0.2) is 19.8 Å². The number of amides is 1. The number of nitrogens with one attached hydrogen (secondary N) is 1. The van der Waals surface area contributed by atoms with Crippen molar-refractivity contribution in [3.05, 3.63) is 53.9 Å². The largest absolute Gasteiger partial charge is 0.481 e. The highest BCUT2D eigenvalue weighted by Crippen LogP contribution is 2.35. The second kappa shape index (κ2) is 12.7. The van der Waals surface area contributed by atoms with E-state index in [1.165, 1.54) is 0 Å². The Morgan fingerprint density at radius 3 is 2.44 bits per heavy atom. The van der Waals surface area contributed by atoms with E-state index in [9.17, 15) is 14.7 Å². The number of hydrogen-bond donors (Lipinski definition) is 2. The van der Waals surface area contributed by atoms with Crippen molar-refractivity contribution in [3.63, 3.8) is 0 Å². The van der Waals surface area contributed by atoms with E-state index in [4.69, 9.17) is 14.2 Å². The molecule has 0 bridgehead atoms. The Bertz CT molecular complexity index is 1280. The molecule has 214 valence electrons. The van der Waals surface area contributed by atoms with E-state index in [0.717, 1.165) is 27.9 Å². The summed E-state index contributed by atoms with van der Waals surface area (Å²) in [5.41, 5.74) is 1.96. The Hall–Kier alpha value is -3.24. The average Bonchev–Trinajstić information content (AvgIpc) is 3.14. The molecule has 0 spiro atoms. The second-order valence-electron chi connectivity index (χ2n) is 11.5. The molecule has 2 aromatic heterocycles. The van der Waals surface area contributed by atoms with Gasteiger partial charge in [0, 0.05) is 30.6 Å². The summed E-state index contributed by atoms with van der Waals surface area (Å²) in [5.74, 6) is 0.962. The lowest BCUT2D eigenvalue weighted by molar-refractivity contribution is -0.137. The van der Waals surface area contributed by atoms with Crippen LogP contribution >= 0.6 is 10.0 Å². The van der Waals surface area contributed by atoms with Gasteiger partial charge in [-0.05, 0) is 75.8 Å². The molecule has 0 saturated heterocycles. The number of nitrogens with zero attached hydrogens (tertiary/aromatic N) is 2. The molecule has 0 aliphatic heterocycles. The van der Waals surface area contributed by atoms with E-state index >= 15 is 0 Å². The van der Waals surface area contributed by atoms with Gasteiger partial charge < -0.3 is 29.2 Å². The Morgan fingerprint density at radius 2 is 1.82 bits per heavy atom. The zero-order chi connectivity index (χ0) is 28.8. The molecule has 0 saturated carbocycles. The molecule has 9 nitrogen and oxygen atoms in total. The first-order valence-electron chi connectivity index (χ1n) is 12.9. The molecular weight excluding hydrogens is 518 g/mol. The van der Waals surface area contributed by atoms with Gasteiger partial charge in [0.1, 0.15) is 29.5 Å². The highest BCUT2D eigenvalue weighted by atomic mass is 32.3. The van der Waals surface area contributed by atoms with Crippen LogP contribution < -0.4 is 10.1 Å². The number of benzene rings is 1. The number of carbonyl (C=O) groups excluding carboxylic acids is 1. The monoisotopic (exact) mass is 559 g/mol. The summed E-state index contributed by atoms with van der Waals surface area (Å²) < 4.78 is 19.4. The highest BCUT2D eigenvalue weighted by molar-refractivity contribution is 8.32. The quantitative estimate of drug-likeness (QED) is 0.266.